The molecule has 1 aromatic rings. The fraction of sp³-hybridized carbons (Fsp3) is 0.308. The molecule has 0 aliphatic heterocycles. The number of Topliss-reactive ketones (excluding diaryl/α,β-unsaturated/α-hetero) is 1. The first-order valence-electron chi connectivity index (χ1n) is 5.10. The Labute approximate surface area is 90.8 Å². The second kappa shape index (κ2) is 5.47. The van der Waals surface area contributed by atoms with Crippen LogP contribution in [0.3, 0.4) is 0 Å². The predicted octanol–water partition coefficient (Wildman–Crippen LogP) is 2.68. The third-order valence-electron chi connectivity index (χ3n) is 2.29. The summed E-state index contributed by atoms with van der Waals surface area (Å²) in [7, 11) is 0. The van der Waals surface area contributed by atoms with Crippen LogP contribution in [-0.4, -0.2) is 5.78 Å². The third kappa shape index (κ3) is 3.68. The summed E-state index contributed by atoms with van der Waals surface area (Å²) in [4.78, 5) is 11.7. The van der Waals surface area contributed by atoms with Gasteiger partial charge in [-0.25, -0.2) is 0 Å². The van der Waals surface area contributed by atoms with E-state index in [0.717, 1.165) is 23.1 Å². The Balaban J connectivity index is 2.62. The molecule has 0 spiro atoms. The third-order valence-corrected chi connectivity index (χ3v) is 2.29. The van der Waals surface area contributed by atoms with Gasteiger partial charge in [0.15, 0.2) is 5.78 Å². The zero-order chi connectivity index (χ0) is 11.3. The first kappa shape index (κ1) is 11.7. The van der Waals surface area contributed by atoms with Crippen molar-refractivity contribution < 1.29 is 4.79 Å². The highest BCUT2D eigenvalue weighted by Gasteiger charge is 2.04. The number of carbonyl (C=O) groups excluding carboxylic acids is 1. The standard InChI is InChI=1S/C13H17NO/c1-10(2)3-8-13(15)12-6-4-11(9-14)5-7-12/h4-7H,1,3,8-9,14H2,2H3. The predicted molar refractivity (Wildman–Crippen MR) is 62.7 cm³/mol. The van der Waals surface area contributed by atoms with Crippen LogP contribution < -0.4 is 5.73 Å². The average molecular weight is 203 g/mol. The van der Waals surface area contributed by atoms with Crippen LogP contribution in [0.2, 0.25) is 0 Å². The largest absolute Gasteiger partial charge is 0.326 e. The summed E-state index contributed by atoms with van der Waals surface area (Å²) in [5, 5.41) is 0. The lowest BCUT2D eigenvalue weighted by Gasteiger charge is -2.02. The smallest absolute Gasteiger partial charge is 0.163 e. The lowest BCUT2D eigenvalue weighted by atomic mass is 10.0. The molecule has 0 heterocycles. The second-order valence-corrected chi connectivity index (χ2v) is 3.78. The number of benzene rings is 1. The Morgan fingerprint density at radius 2 is 1.87 bits per heavy atom. The minimum absolute atomic E-state index is 0.168. The van der Waals surface area contributed by atoms with Gasteiger partial charge < -0.3 is 5.73 Å². The molecule has 0 saturated heterocycles. The van der Waals surface area contributed by atoms with Crippen molar-refractivity contribution in [3.63, 3.8) is 0 Å². The van der Waals surface area contributed by atoms with E-state index in [1.807, 2.05) is 31.2 Å². The number of ketones is 1. The molecule has 0 atom stereocenters. The lowest BCUT2D eigenvalue weighted by Crippen LogP contribution is -2.01. The van der Waals surface area contributed by atoms with Gasteiger partial charge in [0.05, 0.1) is 0 Å². The Kier molecular flexibility index (Phi) is 4.25. The van der Waals surface area contributed by atoms with E-state index in [4.69, 9.17) is 5.73 Å². The summed E-state index contributed by atoms with van der Waals surface area (Å²) in [6, 6.07) is 7.47. The summed E-state index contributed by atoms with van der Waals surface area (Å²) in [5.41, 5.74) is 8.33. The summed E-state index contributed by atoms with van der Waals surface area (Å²) in [5.74, 6) is 0.168. The Morgan fingerprint density at radius 1 is 1.27 bits per heavy atom. The SMILES string of the molecule is C=C(C)CCC(=O)c1ccc(CN)cc1. The van der Waals surface area contributed by atoms with E-state index in [0.29, 0.717) is 13.0 Å². The van der Waals surface area contributed by atoms with E-state index in [2.05, 4.69) is 6.58 Å². The monoisotopic (exact) mass is 203 g/mol. The Hall–Kier alpha value is -1.41. The number of carbonyl (C=O) groups is 1. The summed E-state index contributed by atoms with van der Waals surface area (Å²) < 4.78 is 0. The topological polar surface area (TPSA) is 43.1 Å². The van der Waals surface area contributed by atoms with Gasteiger partial charge in [-0.2, -0.15) is 0 Å². The number of rotatable bonds is 5. The Morgan fingerprint density at radius 3 is 2.33 bits per heavy atom. The molecule has 15 heavy (non-hydrogen) atoms. The van der Waals surface area contributed by atoms with E-state index >= 15 is 0 Å². The highest BCUT2D eigenvalue weighted by atomic mass is 16.1. The van der Waals surface area contributed by atoms with E-state index in [1.54, 1.807) is 0 Å². The number of hydrogen-bond donors (Lipinski definition) is 1. The molecule has 0 radical (unpaired) electrons. The van der Waals surface area contributed by atoms with Crippen molar-refractivity contribution in [1.29, 1.82) is 0 Å². The van der Waals surface area contributed by atoms with E-state index in [1.165, 1.54) is 0 Å². The molecule has 0 unspecified atom stereocenters. The molecule has 2 heteroatoms. The van der Waals surface area contributed by atoms with Crippen molar-refractivity contribution in [1.82, 2.24) is 0 Å². The molecule has 0 amide bonds. The van der Waals surface area contributed by atoms with E-state index in [-0.39, 0.29) is 5.78 Å². The van der Waals surface area contributed by atoms with Crippen LogP contribution in [0.4, 0.5) is 0 Å². The lowest BCUT2D eigenvalue weighted by molar-refractivity contribution is 0.0983. The highest BCUT2D eigenvalue weighted by molar-refractivity contribution is 5.96. The zero-order valence-corrected chi connectivity index (χ0v) is 9.12. The molecule has 80 valence electrons. The van der Waals surface area contributed by atoms with Gasteiger partial charge in [0.2, 0.25) is 0 Å². The van der Waals surface area contributed by atoms with Gasteiger partial charge in [0, 0.05) is 18.5 Å². The normalized spacial score (nSPS) is 10.0. The zero-order valence-electron chi connectivity index (χ0n) is 9.12. The molecular weight excluding hydrogens is 186 g/mol. The maximum atomic E-state index is 11.7. The van der Waals surface area contributed by atoms with Crippen molar-refractivity contribution in [3.8, 4) is 0 Å². The number of nitrogens with two attached hydrogens (primary N) is 1. The fourth-order valence-electron chi connectivity index (χ4n) is 1.30. The maximum Gasteiger partial charge on any atom is 0.163 e. The van der Waals surface area contributed by atoms with Gasteiger partial charge in [0.1, 0.15) is 0 Å². The molecule has 2 N–H and O–H groups in total. The number of allylic oxidation sites excluding steroid dienone is 1. The molecule has 0 fully saturated rings. The van der Waals surface area contributed by atoms with E-state index in [9.17, 15) is 4.79 Å². The van der Waals surface area contributed by atoms with Crippen molar-refractivity contribution in [2.75, 3.05) is 0 Å². The first-order chi connectivity index (χ1) is 7.13. The van der Waals surface area contributed by atoms with E-state index < -0.39 is 0 Å². The molecule has 0 saturated carbocycles. The second-order valence-electron chi connectivity index (χ2n) is 3.78. The quantitative estimate of drug-likeness (QED) is 0.590. The average Bonchev–Trinajstić information content (AvgIpc) is 2.26. The molecule has 0 aromatic heterocycles. The van der Waals surface area contributed by atoms with Gasteiger partial charge in [-0.3, -0.25) is 4.79 Å². The maximum absolute atomic E-state index is 11.7. The van der Waals surface area contributed by atoms with Crippen LogP contribution in [0.5, 0.6) is 0 Å². The fourth-order valence-corrected chi connectivity index (χ4v) is 1.30. The van der Waals surface area contributed by atoms with Gasteiger partial charge in [0.25, 0.3) is 0 Å². The molecule has 1 aromatic carbocycles. The highest BCUT2D eigenvalue weighted by Crippen LogP contribution is 2.10. The minimum atomic E-state index is 0.168. The molecule has 0 aliphatic rings. The van der Waals surface area contributed by atoms with Gasteiger partial charge in [-0.05, 0) is 18.9 Å². The van der Waals surface area contributed by atoms with Crippen molar-refractivity contribution in [2.24, 2.45) is 5.73 Å². The molecule has 0 bridgehead atoms. The summed E-state index contributed by atoms with van der Waals surface area (Å²) >= 11 is 0. The van der Waals surface area contributed by atoms with Crippen LogP contribution in [0.1, 0.15) is 35.7 Å². The van der Waals surface area contributed by atoms with Crippen LogP contribution in [0.15, 0.2) is 36.4 Å². The van der Waals surface area contributed by atoms with Crippen molar-refractivity contribution in [2.45, 2.75) is 26.3 Å². The van der Waals surface area contributed by atoms with Crippen LogP contribution in [-0.2, 0) is 6.54 Å². The van der Waals surface area contributed by atoms with Crippen LogP contribution >= 0.6 is 0 Å². The molecule has 2 nitrogen and oxygen atoms in total. The van der Waals surface area contributed by atoms with Crippen molar-refractivity contribution >= 4 is 5.78 Å². The van der Waals surface area contributed by atoms with Crippen LogP contribution in [0, 0.1) is 0 Å². The van der Waals surface area contributed by atoms with Gasteiger partial charge in [-0.15, -0.1) is 6.58 Å². The Bertz CT molecular complexity index is 351. The van der Waals surface area contributed by atoms with Crippen molar-refractivity contribution in [3.05, 3.63) is 47.5 Å². The van der Waals surface area contributed by atoms with Crippen LogP contribution in [0.25, 0.3) is 0 Å². The van der Waals surface area contributed by atoms with Gasteiger partial charge in [-0.1, -0.05) is 29.8 Å². The summed E-state index contributed by atoms with van der Waals surface area (Å²) in [6.07, 6.45) is 1.30. The molecule has 0 aliphatic carbocycles. The summed E-state index contributed by atoms with van der Waals surface area (Å²) in [6.45, 7) is 6.23. The van der Waals surface area contributed by atoms with Gasteiger partial charge >= 0.3 is 0 Å². The first-order valence-corrected chi connectivity index (χ1v) is 5.10. The molecular formula is C13H17NO. The number of hydrogen-bond acceptors (Lipinski definition) is 2. The minimum Gasteiger partial charge on any atom is -0.326 e. The molecule has 1 rings (SSSR count).